The maximum atomic E-state index is 13.1. The lowest BCUT2D eigenvalue weighted by atomic mass is 10.3. The predicted octanol–water partition coefficient (Wildman–Crippen LogP) is 0.579. The van der Waals surface area contributed by atoms with Gasteiger partial charge in [-0.1, -0.05) is 0 Å². The first-order valence-electron chi connectivity index (χ1n) is 4.92. The van der Waals surface area contributed by atoms with E-state index in [1.807, 2.05) is 5.32 Å². The number of anilines is 1. The van der Waals surface area contributed by atoms with E-state index in [1.165, 1.54) is 0 Å². The molecule has 1 unspecified atom stereocenters. The van der Waals surface area contributed by atoms with Gasteiger partial charge in [0, 0.05) is 18.7 Å². The fourth-order valence-corrected chi connectivity index (χ4v) is 1.06. The van der Waals surface area contributed by atoms with E-state index in [2.05, 4.69) is 5.32 Å². The molecule has 0 radical (unpaired) electrons. The highest BCUT2D eigenvalue weighted by atomic mass is 19.2. The molecule has 5 nitrogen and oxygen atoms in total. The van der Waals surface area contributed by atoms with Gasteiger partial charge >= 0.3 is 6.03 Å². The van der Waals surface area contributed by atoms with Crippen molar-refractivity contribution in [1.29, 1.82) is 0 Å². The van der Waals surface area contributed by atoms with Crippen molar-refractivity contribution in [3.63, 3.8) is 0 Å². The standard InChI is InChI=1S/C10H11F3N2O3/c11-6-1-8(13)9(2-7(6)12)15-10(18)14-3-5(17)4-16/h1-2,5,16-17H,3-4H2,(H2,14,15,18). The SMILES string of the molecule is O=C(NCC(O)CO)Nc1cc(F)c(F)cc1F. The van der Waals surface area contributed by atoms with Gasteiger partial charge in [-0.15, -0.1) is 0 Å². The first-order valence-corrected chi connectivity index (χ1v) is 4.92. The van der Waals surface area contributed by atoms with Gasteiger partial charge in [-0.05, 0) is 0 Å². The number of hydrogen-bond donors (Lipinski definition) is 4. The summed E-state index contributed by atoms with van der Waals surface area (Å²) in [7, 11) is 0. The lowest BCUT2D eigenvalue weighted by Crippen LogP contribution is -2.36. The van der Waals surface area contributed by atoms with Crippen LogP contribution in [0.15, 0.2) is 12.1 Å². The van der Waals surface area contributed by atoms with Crippen molar-refractivity contribution in [3.05, 3.63) is 29.6 Å². The highest BCUT2D eigenvalue weighted by Crippen LogP contribution is 2.18. The van der Waals surface area contributed by atoms with Gasteiger partial charge in [-0.25, -0.2) is 18.0 Å². The number of carbonyl (C=O) groups is 1. The van der Waals surface area contributed by atoms with Gasteiger partial charge in [0.15, 0.2) is 11.6 Å². The average molecular weight is 264 g/mol. The molecule has 0 heterocycles. The summed E-state index contributed by atoms with van der Waals surface area (Å²) in [6, 6.07) is -0.132. The number of amides is 2. The first-order chi connectivity index (χ1) is 8.43. The van der Waals surface area contributed by atoms with E-state index in [9.17, 15) is 18.0 Å². The number of rotatable bonds is 4. The minimum atomic E-state index is -1.37. The van der Waals surface area contributed by atoms with Gasteiger partial charge in [-0.3, -0.25) is 0 Å². The Balaban J connectivity index is 2.62. The van der Waals surface area contributed by atoms with Crippen LogP contribution in [-0.4, -0.2) is 35.5 Å². The largest absolute Gasteiger partial charge is 0.394 e. The van der Waals surface area contributed by atoms with E-state index >= 15 is 0 Å². The van der Waals surface area contributed by atoms with Crippen molar-refractivity contribution in [2.75, 3.05) is 18.5 Å². The normalized spacial score (nSPS) is 12.1. The molecule has 0 aliphatic rings. The number of nitrogens with one attached hydrogen (secondary N) is 2. The third-order valence-electron chi connectivity index (χ3n) is 1.97. The van der Waals surface area contributed by atoms with Crippen molar-refractivity contribution in [3.8, 4) is 0 Å². The van der Waals surface area contributed by atoms with Gasteiger partial charge in [-0.2, -0.15) is 0 Å². The van der Waals surface area contributed by atoms with Gasteiger partial charge in [0.2, 0.25) is 0 Å². The molecule has 1 aromatic carbocycles. The van der Waals surface area contributed by atoms with Crippen LogP contribution in [0.3, 0.4) is 0 Å². The molecule has 0 aliphatic heterocycles. The van der Waals surface area contributed by atoms with Gasteiger partial charge in [0.1, 0.15) is 5.82 Å². The van der Waals surface area contributed by atoms with E-state index < -0.39 is 41.9 Å². The zero-order chi connectivity index (χ0) is 13.7. The van der Waals surface area contributed by atoms with Crippen LogP contribution < -0.4 is 10.6 Å². The summed E-state index contributed by atoms with van der Waals surface area (Å²) in [5, 5.41) is 21.4. The van der Waals surface area contributed by atoms with Gasteiger partial charge in [0.05, 0.1) is 18.4 Å². The molecule has 1 atom stereocenters. The Labute approximate surface area is 100 Å². The molecule has 2 amide bonds. The van der Waals surface area contributed by atoms with Crippen molar-refractivity contribution >= 4 is 11.7 Å². The highest BCUT2D eigenvalue weighted by Gasteiger charge is 2.12. The van der Waals surface area contributed by atoms with Crippen LogP contribution in [0.2, 0.25) is 0 Å². The van der Waals surface area contributed by atoms with E-state index in [1.54, 1.807) is 0 Å². The lowest BCUT2D eigenvalue weighted by molar-refractivity contribution is 0.0965. The minimum Gasteiger partial charge on any atom is -0.394 e. The van der Waals surface area contributed by atoms with Crippen molar-refractivity contribution < 1.29 is 28.2 Å². The number of halogens is 3. The lowest BCUT2D eigenvalue weighted by Gasteiger charge is -2.11. The molecule has 18 heavy (non-hydrogen) atoms. The van der Waals surface area contributed by atoms with Crippen LogP contribution in [0.4, 0.5) is 23.7 Å². The summed E-state index contributed by atoms with van der Waals surface area (Å²) in [6.07, 6.45) is -1.16. The topological polar surface area (TPSA) is 81.6 Å². The Hall–Kier alpha value is -1.80. The van der Waals surface area contributed by atoms with Crippen LogP contribution in [0, 0.1) is 17.5 Å². The molecule has 100 valence electrons. The molecule has 0 saturated carbocycles. The number of aliphatic hydroxyl groups excluding tert-OH is 2. The van der Waals surface area contributed by atoms with Crippen LogP contribution >= 0.6 is 0 Å². The summed E-state index contributed by atoms with van der Waals surface area (Å²) in [6.45, 7) is -0.826. The quantitative estimate of drug-likeness (QED) is 0.600. The van der Waals surface area contributed by atoms with Crippen LogP contribution in [0.25, 0.3) is 0 Å². The molecular formula is C10H11F3N2O3. The number of hydrogen-bond acceptors (Lipinski definition) is 3. The second-order valence-corrected chi connectivity index (χ2v) is 3.42. The molecule has 1 aromatic rings. The van der Waals surface area contributed by atoms with Crippen LogP contribution in [0.5, 0.6) is 0 Å². The second kappa shape index (κ2) is 6.22. The highest BCUT2D eigenvalue weighted by molar-refractivity contribution is 5.89. The minimum absolute atomic E-state index is 0.270. The molecule has 0 bridgehead atoms. The summed E-state index contributed by atoms with van der Waals surface area (Å²) >= 11 is 0. The van der Waals surface area contributed by atoms with Gasteiger partial charge < -0.3 is 20.8 Å². The molecule has 8 heteroatoms. The summed E-state index contributed by atoms with van der Waals surface area (Å²) < 4.78 is 38.5. The Kier molecular flexibility index (Phi) is 4.93. The molecule has 0 fully saturated rings. The average Bonchev–Trinajstić information content (AvgIpc) is 2.33. The van der Waals surface area contributed by atoms with E-state index in [0.717, 1.165) is 0 Å². The fraction of sp³-hybridized carbons (Fsp3) is 0.300. The molecular weight excluding hydrogens is 253 g/mol. The number of carbonyl (C=O) groups excluding carboxylic acids is 1. The Morgan fingerprint density at radius 2 is 1.83 bits per heavy atom. The predicted molar refractivity (Wildman–Crippen MR) is 56.4 cm³/mol. The maximum absolute atomic E-state index is 13.1. The number of aliphatic hydroxyl groups is 2. The molecule has 4 N–H and O–H groups in total. The van der Waals surface area contributed by atoms with Gasteiger partial charge in [0.25, 0.3) is 0 Å². The first kappa shape index (κ1) is 14.3. The van der Waals surface area contributed by atoms with Crippen molar-refractivity contribution in [2.45, 2.75) is 6.10 Å². The smallest absolute Gasteiger partial charge is 0.319 e. The summed E-state index contributed by atoms with van der Waals surface area (Å²) in [4.78, 5) is 11.2. The zero-order valence-electron chi connectivity index (χ0n) is 9.08. The number of urea groups is 1. The maximum Gasteiger partial charge on any atom is 0.319 e. The molecule has 0 saturated heterocycles. The summed E-state index contributed by atoms with van der Waals surface area (Å²) in [5.41, 5.74) is -0.537. The monoisotopic (exact) mass is 264 g/mol. The van der Waals surface area contributed by atoms with E-state index in [4.69, 9.17) is 10.2 Å². The third kappa shape index (κ3) is 3.90. The molecule has 1 rings (SSSR count). The Morgan fingerprint density at radius 3 is 2.44 bits per heavy atom. The Bertz CT molecular complexity index is 443. The number of benzene rings is 1. The molecule has 0 spiro atoms. The molecule has 0 aliphatic carbocycles. The van der Waals surface area contributed by atoms with Crippen LogP contribution in [0.1, 0.15) is 0 Å². The fourth-order valence-electron chi connectivity index (χ4n) is 1.06. The molecule has 0 aromatic heterocycles. The van der Waals surface area contributed by atoms with Crippen molar-refractivity contribution in [2.24, 2.45) is 0 Å². The third-order valence-corrected chi connectivity index (χ3v) is 1.97. The zero-order valence-corrected chi connectivity index (χ0v) is 9.08. The Morgan fingerprint density at radius 1 is 1.22 bits per heavy atom. The van der Waals surface area contributed by atoms with Crippen molar-refractivity contribution in [1.82, 2.24) is 5.32 Å². The van der Waals surface area contributed by atoms with E-state index in [-0.39, 0.29) is 6.54 Å². The van der Waals surface area contributed by atoms with E-state index in [0.29, 0.717) is 12.1 Å². The second-order valence-electron chi connectivity index (χ2n) is 3.42. The summed E-state index contributed by atoms with van der Waals surface area (Å²) in [5.74, 6) is -3.80. The van der Waals surface area contributed by atoms with Crippen LogP contribution in [-0.2, 0) is 0 Å².